The van der Waals surface area contributed by atoms with Crippen molar-refractivity contribution < 1.29 is 13.2 Å². The highest BCUT2D eigenvalue weighted by molar-refractivity contribution is 5.66. The highest BCUT2D eigenvalue weighted by Crippen LogP contribution is 2.31. The molecule has 0 radical (unpaired) electrons. The van der Waals surface area contributed by atoms with E-state index in [-0.39, 0.29) is 11.1 Å². The Hall–Kier alpha value is -3.68. The number of fused-ring (bicyclic) bond motifs is 1. The Kier molecular flexibility index (Phi) is 5.93. The molecule has 0 spiro atoms. The molecule has 0 amide bonds. The largest absolute Gasteiger partial charge is 0.367 e. The molecule has 0 fully saturated rings. The van der Waals surface area contributed by atoms with Gasteiger partial charge in [0.15, 0.2) is 11.6 Å². The molecule has 1 aliphatic heterocycles. The zero-order valence-electron chi connectivity index (χ0n) is 18.6. The fourth-order valence-electron chi connectivity index (χ4n) is 3.94. The van der Waals surface area contributed by atoms with Crippen molar-refractivity contribution in [3.8, 4) is 11.1 Å². The van der Waals surface area contributed by atoms with Gasteiger partial charge in [-0.2, -0.15) is 0 Å². The summed E-state index contributed by atoms with van der Waals surface area (Å²) in [6.07, 6.45) is 2.13. The van der Waals surface area contributed by atoms with Crippen molar-refractivity contribution in [2.75, 3.05) is 6.54 Å². The Labute approximate surface area is 189 Å². The summed E-state index contributed by atoms with van der Waals surface area (Å²) in [5, 5.41) is 0. The van der Waals surface area contributed by atoms with Gasteiger partial charge in [0.25, 0.3) is 5.56 Å². The summed E-state index contributed by atoms with van der Waals surface area (Å²) < 4.78 is 41.3. The topological polar surface area (TPSA) is 61.9 Å². The SMILES string of the molecule is C=C(/C(C)=C(/C)c1nc(C)cc(=O)[nH]1)N1CCc2ncc(-c3cc(F)c(F)cc3F)cc2C1. The molecule has 1 aromatic carbocycles. The van der Waals surface area contributed by atoms with Crippen LogP contribution in [-0.2, 0) is 13.0 Å². The molecule has 2 aromatic heterocycles. The first-order chi connectivity index (χ1) is 15.6. The lowest BCUT2D eigenvalue weighted by Crippen LogP contribution is -2.30. The number of allylic oxidation sites excluding steroid dienone is 2. The average Bonchev–Trinajstić information content (AvgIpc) is 2.78. The highest BCUT2D eigenvalue weighted by Gasteiger charge is 2.22. The smallest absolute Gasteiger partial charge is 0.251 e. The number of aromatic nitrogens is 3. The zero-order valence-corrected chi connectivity index (χ0v) is 18.6. The van der Waals surface area contributed by atoms with Gasteiger partial charge in [-0.1, -0.05) is 6.58 Å². The summed E-state index contributed by atoms with van der Waals surface area (Å²) in [6.45, 7) is 10.9. The van der Waals surface area contributed by atoms with Gasteiger partial charge in [0.05, 0.1) is 0 Å². The van der Waals surface area contributed by atoms with Crippen molar-refractivity contribution in [2.24, 2.45) is 0 Å². The Morgan fingerprint density at radius 3 is 2.55 bits per heavy atom. The van der Waals surface area contributed by atoms with Crippen molar-refractivity contribution >= 4 is 5.57 Å². The molecule has 8 heteroatoms. The van der Waals surface area contributed by atoms with Crippen LogP contribution < -0.4 is 5.56 Å². The number of hydrogen-bond acceptors (Lipinski definition) is 4. The molecule has 5 nitrogen and oxygen atoms in total. The number of nitrogens with zero attached hydrogens (tertiary/aromatic N) is 3. The van der Waals surface area contributed by atoms with Crippen LogP contribution >= 0.6 is 0 Å². The van der Waals surface area contributed by atoms with E-state index in [1.807, 2.05) is 13.8 Å². The summed E-state index contributed by atoms with van der Waals surface area (Å²) in [4.78, 5) is 25.5. The molecule has 3 aromatic rings. The number of halogens is 3. The number of benzene rings is 1. The minimum absolute atomic E-state index is 0.0402. The van der Waals surface area contributed by atoms with Crippen LogP contribution in [0, 0.1) is 24.4 Å². The number of pyridine rings is 1. The van der Waals surface area contributed by atoms with E-state index in [2.05, 4.69) is 26.4 Å². The quantitative estimate of drug-likeness (QED) is 0.451. The summed E-state index contributed by atoms with van der Waals surface area (Å²) in [5.41, 5.74) is 4.93. The number of aromatic amines is 1. The predicted octanol–water partition coefficient (Wildman–Crippen LogP) is 4.92. The van der Waals surface area contributed by atoms with Crippen molar-refractivity contribution in [3.05, 3.63) is 98.9 Å². The molecular weight excluding hydrogens is 429 g/mol. The Morgan fingerprint density at radius 2 is 1.82 bits per heavy atom. The van der Waals surface area contributed by atoms with Gasteiger partial charge in [0.1, 0.15) is 11.6 Å². The average molecular weight is 452 g/mol. The minimum Gasteiger partial charge on any atom is -0.367 e. The van der Waals surface area contributed by atoms with Crippen LogP contribution in [0.25, 0.3) is 16.7 Å². The van der Waals surface area contributed by atoms with E-state index in [0.29, 0.717) is 42.7 Å². The zero-order chi connectivity index (χ0) is 23.9. The van der Waals surface area contributed by atoms with E-state index in [1.54, 1.807) is 13.0 Å². The maximum atomic E-state index is 14.3. The number of aryl methyl sites for hydroxylation is 1. The lowest BCUT2D eigenvalue weighted by Gasteiger charge is -2.32. The van der Waals surface area contributed by atoms with E-state index >= 15 is 0 Å². The van der Waals surface area contributed by atoms with Crippen LogP contribution in [0.5, 0.6) is 0 Å². The van der Waals surface area contributed by atoms with Crippen molar-refractivity contribution in [1.82, 2.24) is 19.9 Å². The summed E-state index contributed by atoms with van der Waals surface area (Å²) in [7, 11) is 0. The van der Waals surface area contributed by atoms with Crippen LogP contribution in [-0.4, -0.2) is 26.4 Å². The van der Waals surface area contributed by atoms with Gasteiger partial charge in [-0.25, -0.2) is 18.2 Å². The second kappa shape index (κ2) is 8.69. The predicted molar refractivity (Wildman–Crippen MR) is 121 cm³/mol. The third-order valence-corrected chi connectivity index (χ3v) is 5.96. The molecule has 0 saturated heterocycles. The van der Waals surface area contributed by atoms with Crippen LogP contribution in [0.3, 0.4) is 0 Å². The van der Waals surface area contributed by atoms with Gasteiger partial charge in [-0.05, 0) is 49.6 Å². The van der Waals surface area contributed by atoms with Gasteiger partial charge in [0, 0.05) is 66.1 Å². The summed E-state index contributed by atoms with van der Waals surface area (Å²) >= 11 is 0. The second-order valence-corrected chi connectivity index (χ2v) is 8.18. The molecule has 0 atom stereocenters. The fourth-order valence-corrected chi connectivity index (χ4v) is 3.94. The van der Waals surface area contributed by atoms with Crippen LogP contribution in [0.15, 0.2) is 53.1 Å². The number of H-pyrrole nitrogens is 1. The van der Waals surface area contributed by atoms with Gasteiger partial charge >= 0.3 is 0 Å². The van der Waals surface area contributed by atoms with Gasteiger partial charge < -0.3 is 9.88 Å². The lowest BCUT2D eigenvalue weighted by molar-refractivity contribution is 0.326. The van der Waals surface area contributed by atoms with E-state index in [1.165, 1.54) is 12.3 Å². The highest BCUT2D eigenvalue weighted by atomic mass is 19.2. The van der Waals surface area contributed by atoms with E-state index in [4.69, 9.17) is 0 Å². The first kappa shape index (κ1) is 22.5. The van der Waals surface area contributed by atoms with Gasteiger partial charge in [-0.3, -0.25) is 9.78 Å². The van der Waals surface area contributed by atoms with Crippen molar-refractivity contribution in [1.29, 1.82) is 0 Å². The van der Waals surface area contributed by atoms with E-state index < -0.39 is 17.5 Å². The molecule has 0 unspecified atom stereocenters. The molecule has 1 aliphatic rings. The molecule has 0 bridgehead atoms. The first-order valence-corrected chi connectivity index (χ1v) is 10.5. The van der Waals surface area contributed by atoms with E-state index in [0.717, 1.165) is 34.2 Å². The number of nitrogens with one attached hydrogen (secondary N) is 1. The van der Waals surface area contributed by atoms with Crippen LogP contribution in [0.2, 0.25) is 0 Å². The van der Waals surface area contributed by atoms with Gasteiger partial charge in [-0.15, -0.1) is 0 Å². The Balaban J connectivity index is 1.63. The van der Waals surface area contributed by atoms with Crippen molar-refractivity contribution in [3.63, 3.8) is 0 Å². The summed E-state index contributed by atoms with van der Waals surface area (Å²) in [6, 6.07) is 4.57. The molecule has 3 heterocycles. The molecule has 33 heavy (non-hydrogen) atoms. The maximum absolute atomic E-state index is 14.3. The van der Waals surface area contributed by atoms with Crippen molar-refractivity contribution in [2.45, 2.75) is 33.7 Å². The van der Waals surface area contributed by atoms with E-state index in [9.17, 15) is 18.0 Å². The number of hydrogen-bond donors (Lipinski definition) is 1. The number of rotatable bonds is 4. The lowest BCUT2D eigenvalue weighted by atomic mass is 9.98. The fraction of sp³-hybridized carbons (Fsp3) is 0.240. The maximum Gasteiger partial charge on any atom is 0.251 e. The second-order valence-electron chi connectivity index (χ2n) is 8.18. The molecule has 0 saturated carbocycles. The molecule has 1 N–H and O–H groups in total. The third-order valence-electron chi connectivity index (χ3n) is 5.96. The minimum atomic E-state index is -1.23. The van der Waals surface area contributed by atoms with Crippen LogP contribution in [0.4, 0.5) is 13.2 Å². The standard InChI is InChI=1S/C25H23F3N4O/c1-13-7-24(33)31-25(30-13)15(3)14(2)16(4)32-6-5-23-18(12-32)8-17(11-29-23)19-9-21(27)22(28)10-20(19)26/h7-11H,4-6,12H2,1-3H3,(H,30,31,33)/b15-14-. The first-order valence-electron chi connectivity index (χ1n) is 10.5. The molecule has 170 valence electrons. The Bertz CT molecular complexity index is 1360. The molecular formula is C25H23F3N4O. The third kappa shape index (κ3) is 4.46. The van der Waals surface area contributed by atoms with Gasteiger partial charge in [0.2, 0.25) is 0 Å². The monoisotopic (exact) mass is 452 g/mol. The normalized spacial score (nSPS) is 14.1. The molecule has 0 aliphatic carbocycles. The Morgan fingerprint density at radius 1 is 1.09 bits per heavy atom. The summed E-state index contributed by atoms with van der Waals surface area (Å²) in [5.74, 6) is -2.69. The van der Waals surface area contributed by atoms with Crippen LogP contribution in [0.1, 0.15) is 36.6 Å². The molecule has 4 rings (SSSR count).